The van der Waals surface area contributed by atoms with Gasteiger partial charge in [0.25, 0.3) is 5.56 Å². The van der Waals surface area contributed by atoms with E-state index in [2.05, 4.69) is 6.07 Å². The van der Waals surface area contributed by atoms with E-state index in [1.54, 1.807) is 15.9 Å². The predicted molar refractivity (Wildman–Crippen MR) is 80.6 cm³/mol. The normalized spacial score (nSPS) is 10.9. The van der Waals surface area contributed by atoms with Gasteiger partial charge in [0.05, 0.1) is 0 Å². The van der Waals surface area contributed by atoms with E-state index in [-0.39, 0.29) is 5.56 Å². The average Bonchev–Trinajstić information content (AvgIpc) is 2.92. The second-order valence-electron chi connectivity index (χ2n) is 4.44. The second-order valence-corrected chi connectivity index (χ2v) is 5.47. The van der Waals surface area contributed by atoms with Gasteiger partial charge in [-0.3, -0.25) is 9.36 Å². The van der Waals surface area contributed by atoms with Crippen molar-refractivity contribution in [1.29, 1.82) is 0 Å². The Balaban J connectivity index is 2.01. The lowest BCUT2D eigenvalue weighted by Crippen LogP contribution is -2.23. The van der Waals surface area contributed by atoms with Crippen molar-refractivity contribution in [3.05, 3.63) is 63.1 Å². The lowest BCUT2D eigenvalue weighted by atomic mass is 10.1. The minimum atomic E-state index is -0.00726. The zero-order valence-electron chi connectivity index (χ0n) is 10.4. The molecule has 0 amide bonds. The summed E-state index contributed by atoms with van der Waals surface area (Å²) < 4.78 is 1.65. The van der Waals surface area contributed by atoms with Crippen molar-refractivity contribution >= 4 is 27.9 Å². The monoisotopic (exact) mass is 270 g/mol. The van der Waals surface area contributed by atoms with Gasteiger partial charge in [-0.05, 0) is 35.4 Å². The Morgan fingerprint density at radius 3 is 2.79 bits per heavy atom. The number of nitrogens with zero attached hydrogens (tertiary/aromatic N) is 1. The van der Waals surface area contributed by atoms with Gasteiger partial charge in [0.2, 0.25) is 0 Å². The Kier molecular flexibility index (Phi) is 3.09. The SMILES string of the molecule is Nc1cc2ccccc2c(=O)n1CCc1cccs1. The van der Waals surface area contributed by atoms with Gasteiger partial charge in [-0.25, -0.2) is 0 Å². The van der Waals surface area contributed by atoms with E-state index in [1.807, 2.05) is 41.8 Å². The fraction of sp³-hybridized carbons (Fsp3) is 0.133. The summed E-state index contributed by atoms with van der Waals surface area (Å²) in [6, 6.07) is 13.5. The summed E-state index contributed by atoms with van der Waals surface area (Å²) in [6.07, 6.45) is 0.833. The number of aryl methyl sites for hydroxylation is 1. The largest absolute Gasteiger partial charge is 0.385 e. The van der Waals surface area contributed by atoms with Crippen molar-refractivity contribution in [1.82, 2.24) is 4.57 Å². The van der Waals surface area contributed by atoms with Crippen molar-refractivity contribution in [3.63, 3.8) is 0 Å². The van der Waals surface area contributed by atoms with E-state index in [0.29, 0.717) is 12.4 Å². The molecular weight excluding hydrogens is 256 g/mol. The number of pyridine rings is 1. The molecule has 96 valence electrons. The first-order chi connectivity index (χ1) is 9.25. The molecule has 0 saturated carbocycles. The molecule has 2 aromatic heterocycles. The molecule has 1 aromatic carbocycles. The molecule has 0 aliphatic rings. The van der Waals surface area contributed by atoms with Crippen LogP contribution in [0.3, 0.4) is 0 Å². The molecule has 2 heterocycles. The second kappa shape index (κ2) is 4.90. The summed E-state index contributed by atoms with van der Waals surface area (Å²) in [5, 5.41) is 3.67. The minimum Gasteiger partial charge on any atom is -0.385 e. The first kappa shape index (κ1) is 12.0. The van der Waals surface area contributed by atoms with Crippen LogP contribution < -0.4 is 11.3 Å². The highest BCUT2D eigenvalue weighted by molar-refractivity contribution is 7.09. The maximum absolute atomic E-state index is 12.4. The fourth-order valence-electron chi connectivity index (χ4n) is 2.23. The van der Waals surface area contributed by atoms with E-state index in [4.69, 9.17) is 5.73 Å². The predicted octanol–water partition coefficient (Wildman–Crippen LogP) is 2.89. The molecule has 2 N–H and O–H groups in total. The number of rotatable bonds is 3. The van der Waals surface area contributed by atoms with Crippen LogP contribution in [0.2, 0.25) is 0 Å². The summed E-state index contributed by atoms with van der Waals surface area (Å²) in [6.45, 7) is 0.621. The highest BCUT2D eigenvalue weighted by Gasteiger charge is 2.06. The highest BCUT2D eigenvalue weighted by Crippen LogP contribution is 2.15. The van der Waals surface area contributed by atoms with Gasteiger partial charge < -0.3 is 5.73 Å². The average molecular weight is 270 g/mol. The van der Waals surface area contributed by atoms with Crippen LogP contribution in [0.5, 0.6) is 0 Å². The van der Waals surface area contributed by atoms with Gasteiger partial charge >= 0.3 is 0 Å². The molecule has 0 aliphatic heterocycles. The number of anilines is 1. The molecule has 0 atom stereocenters. The Labute approximate surface area is 114 Å². The lowest BCUT2D eigenvalue weighted by Gasteiger charge is -2.10. The Hall–Kier alpha value is -2.07. The molecule has 0 aliphatic carbocycles. The van der Waals surface area contributed by atoms with Crippen LogP contribution in [0.1, 0.15) is 4.88 Å². The summed E-state index contributed by atoms with van der Waals surface area (Å²) >= 11 is 1.70. The summed E-state index contributed by atoms with van der Waals surface area (Å²) in [5.74, 6) is 0.528. The molecule has 4 heteroatoms. The minimum absolute atomic E-state index is 0.00726. The fourth-order valence-corrected chi connectivity index (χ4v) is 2.92. The van der Waals surface area contributed by atoms with Crippen LogP contribution in [0.4, 0.5) is 5.82 Å². The maximum atomic E-state index is 12.4. The number of hydrogen-bond donors (Lipinski definition) is 1. The summed E-state index contributed by atoms with van der Waals surface area (Å²) in [7, 11) is 0. The van der Waals surface area contributed by atoms with Crippen molar-refractivity contribution < 1.29 is 0 Å². The Morgan fingerprint density at radius 1 is 1.16 bits per heavy atom. The quantitative estimate of drug-likeness (QED) is 0.795. The van der Waals surface area contributed by atoms with E-state index < -0.39 is 0 Å². The molecule has 3 nitrogen and oxygen atoms in total. The number of hydrogen-bond acceptors (Lipinski definition) is 3. The van der Waals surface area contributed by atoms with Gasteiger partial charge in [0.15, 0.2) is 0 Å². The third-order valence-electron chi connectivity index (χ3n) is 3.21. The smallest absolute Gasteiger partial charge is 0.259 e. The van der Waals surface area contributed by atoms with Crippen LogP contribution in [0.15, 0.2) is 52.6 Å². The van der Waals surface area contributed by atoms with Crippen LogP contribution in [0, 0.1) is 0 Å². The van der Waals surface area contributed by atoms with Crippen molar-refractivity contribution in [2.75, 3.05) is 5.73 Å². The number of benzene rings is 1. The maximum Gasteiger partial charge on any atom is 0.259 e. The van der Waals surface area contributed by atoms with E-state index in [0.717, 1.165) is 17.2 Å². The molecule has 0 saturated heterocycles. The third-order valence-corrected chi connectivity index (χ3v) is 4.15. The van der Waals surface area contributed by atoms with Gasteiger partial charge in [-0.2, -0.15) is 0 Å². The highest BCUT2D eigenvalue weighted by atomic mass is 32.1. The first-order valence-corrected chi connectivity index (χ1v) is 7.04. The van der Waals surface area contributed by atoms with Gasteiger partial charge in [0.1, 0.15) is 5.82 Å². The summed E-state index contributed by atoms with van der Waals surface area (Å²) in [4.78, 5) is 13.7. The molecule has 3 rings (SSSR count). The zero-order chi connectivity index (χ0) is 13.2. The molecule has 0 fully saturated rings. The number of fused-ring (bicyclic) bond motifs is 1. The first-order valence-electron chi connectivity index (χ1n) is 6.16. The number of nitrogens with two attached hydrogens (primary N) is 1. The van der Waals surface area contributed by atoms with Gasteiger partial charge in [0, 0.05) is 16.8 Å². The van der Waals surface area contributed by atoms with E-state index >= 15 is 0 Å². The van der Waals surface area contributed by atoms with Gasteiger partial charge in [-0.15, -0.1) is 11.3 Å². The lowest BCUT2D eigenvalue weighted by molar-refractivity contribution is 0.690. The Bertz CT molecular complexity index is 759. The van der Waals surface area contributed by atoms with Crippen LogP contribution in [0.25, 0.3) is 10.8 Å². The van der Waals surface area contributed by atoms with Crippen LogP contribution in [-0.2, 0) is 13.0 Å². The van der Waals surface area contributed by atoms with Crippen molar-refractivity contribution in [2.24, 2.45) is 0 Å². The zero-order valence-corrected chi connectivity index (χ0v) is 11.2. The van der Waals surface area contributed by atoms with Crippen molar-refractivity contribution in [2.45, 2.75) is 13.0 Å². The number of thiophene rings is 1. The van der Waals surface area contributed by atoms with Crippen LogP contribution in [-0.4, -0.2) is 4.57 Å². The molecule has 0 unspecified atom stereocenters. The number of nitrogen functional groups attached to an aromatic ring is 1. The molecule has 0 bridgehead atoms. The Morgan fingerprint density at radius 2 is 2.00 bits per heavy atom. The topological polar surface area (TPSA) is 48.0 Å². The number of aromatic nitrogens is 1. The molecule has 0 spiro atoms. The van der Waals surface area contributed by atoms with Crippen LogP contribution >= 0.6 is 11.3 Å². The van der Waals surface area contributed by atoms with E-state index in [1.165, 1.54) is 4.88 Å². The van der Waals surface area contributed by atoms with E-state index in [9.17, 15) is 4.79 Å². The molecule has 0 radical (unpaired) electrons. The molecular formula is C15H14N2OS. The third kappa shape index (κ3) is 2.27. The standard InChI is InChI=1S/C15H14N2OS/c16-14-10-11-4-1-2-6-13(11)15(18)17(14)8-7-12-5-3-9-19-12/h1-6,9-10H,7-8,16H2. The molecule has 19 heavy (non-hydrogen) atoms. The summed E-state index contributed by atoms with van der Waals surface area (Å²) in [5.41, 5.74) is 5.99. The van der Waals surface area contributed by atoms with Crippen molar-refractivity contribution in [3.8, 4) is 0 Å². The van der Waals surface area contributed by atoms with Gasteiger partial charge in [-0.1, -0.05) is 24.3 Å². The molecule has 3 aromatic rings.